The van der Waals surface area contributed by atoms with E-state index in [-0.39, 0.29) is 17.0 Å². The highest BCUT2D eigenvalue weighted by molar-refractivity contribution is 7.89. The molecule has 1 aliphatic carbocycles. The van der Waals surface area contributed by atoms with Gasteiger partial charge in [0.25, 0.3) is 5.91 Å². The first-order valence-electron chi connectivity index (χ1n) is 7.47. The van der Waals surface area contributed by atoms with Crippen molar-refractivity contribution in [3.63, 3.8) is 0 Å². The van der Waals surface area contributed by atoms with Crippen molar-refractivity contribution >= 4 is 21.9 Å². The van der Waals surface area contributed by atoms with Gasteiger partial charge in [-0.2, -0.15) is 0 Å². The maximum absolute atomic E-state index is 12.2. The van der Waals surface area contributed by atoms with Crippen molar-refractivity contribution < 1.29 is 27.9 Å². The number of aliphatic carboxylic acids is 1. The Balaban J connectivity index is 2.03. The van der Waals surface area contributed by atoms with Crippen LogP contribution >= 0.6 is 0 Å². The number of benzene rings is 1. The molecule has 1 saturated carbocycles. The van der Waals surface area contributed by atoms with E-state index in [2.05, 4.69) is 10.0 Å². The highest BCUT2D eigenvalue weighted by Crippen LogP contribution is 2.28. The van der Waals surface area contributed by atoms with Gasteiger partial charge in [-0.3, -0.25) is 4.79 Å². The fourth-order valence-electron chi connectivity index (χ4n) is 2.00. The molecular weight excluding hydrogens is 336 g/mol. The number of sulfonamides is 1. The second kappa shape index (κ2) is 7.73. The van der Waals surface area contributed by atoms with E-state index in [0.29, 0.717) is 12.5 Å². The molecular formula is C15H20N2O6S. The largest absolute Gasteiger partial charge is 0.479 e. The molecule has 0 aromatic heterocycles. The van der Waals surface area contributed by atoms with Crippen molar-refractivity contribution in [1.29, 1.82) is 0 Å². The number of carboxylic acid groups (broad SMARTS) is 1. The second-order valence-electron chi connectivity index (χ2n) is 5.60. The molecule has 0 aliphatic heterocycles. The first-order valence-corrected chi connectivity index (χ1v) is 8.95. The van der Waals surface area contributed by atoms with Gasteiger partial charge in [0.1, 0.15) is 0 Å². The molecule has 1 unspecified atom stereocenters. The van der Waals surface area contributed by atoms with Crippen LogP contribution in [0.5, 0.6) is 0 Å². The molecule has 0 radical (unpaired) electrons. The van der Waals surface area contributed by atoms with Gasteiger partial charge in [-0.05, 0) is 37.0 Å². The molecule has 1 amide bonds. The van der Waals surface area contributed by atoms with Crippen LogP contribution in [0.25, 0.3) is 0 Å². The zero-order chi connectivity index (χ0) is 17.7. The SMILES string of the molecule is COC(CNC(=O)c1cccc(S(=O)(=O)NCC2CC2)c1)C(=O)O. The Morgan fingerprint density at radius 1 is 1.38 bits per heavy atom. The minimum absolute atomic E-state index is 0.00248. The molecule has 3 N–H and O–H groups in total. The van der Waals surface area contributed by atoms with Crippen molar-refractivity contribution in [3.05, 3.63) is 29.8 Å². The lowest BCUT2D eigenvalue weighted by Gasteiger charge is -2.12. The number of rotatable bonds is 9. The van der Waals surface area contributed by atoms with Crippen molar-refractivity contribution in [1.82, 2.24) is 10.0 Å². The highest BCUT2D eigenvalue weighted by Gasteiger charge is 2.25. The molecule has 132 valence electrons. The van der Waals surface area contributed by atoms with E-state index in [1.54, 1.807) is 0 Å². The van der Waals surface area contributed by atoms with Crippen LogP contribution in [0.4, 0.5) is 0 Å². The van der Waals surface area contributed by atoms with Gasteiger partial charge in [0.2, 0.25) is 10.0 Å². The minimum Gasteiger partial charge on any atom is -0.479 e. The van der Waals surface area contributed by atoms with Crippen molar-refractivity contribution in [2.24, 2.45) is 5.92 Å². The van der Waals surface area contributed by atoms with Crippen LogP contribution in [0.15, 0.2) is 29.2 Å². The van der Waals surface area contributed by atoms with E-state index in [1.807, 2.05) is 0 Å². The fraction of sp³-hybridized carbons (Fsp3) is 0.467. The molecule has 1 atom stereocenters. The Hall–Kier alpha value is -1.97. The van der Waals surface area contributed by atoms with Gasteiger partial charge in [0, 0.05) is 19.2 Å². The average Bonchev–Trinajstić information content (AvgIpc) is 3.37. The van der Waals surface area contributed by atoms with Gasteiger partial charge >= 0.3 is 5.97 Å². The van der Waals surface area contributed by atoms with Crippen LogP contribution < -0.4 is 10.0 Å². The average molecular weight is 356 g/mol. The van der Waals surface area contributed by atoms with E-state index in [9.17, 15) is 18.0 Å². The quantitative estimate of drug-likeness (QED) is 0.581. The van der Waals surface area contributed by atoms with E-state index in [4.69, 9.17) is 9.84 Å². The zero-order valence-corrected chi connectivity index (χ0v) is 14.0. The number of nitrogens with one attached hydrogen (secondary N) is 2. The van der Waals surface area contributed by atoms with Crippen LogP contribution in [-0.2, 0) is 19.6 Å². The van der Waals surface area contributed by atoms with Crippen LogP contribution in [0.3, 0.4) is 0 Å². The molecule has 2 rings (SSSR count). The first-order chi connectivity index (χ1) is 11.3. The molecule has 1 aromatic carbocycles. The lowest BCUT2D eigenvalue weighted by atomic mass is 10.2. The van der Waals surface area contributed by atoms with Gasteiger partial charge < -0.3 is 15.2 Å². The number of carboxylic acids is 1. The van der Waals surface area contributed by atoms with Gasteiger partial charge in [0.05, 0.1) is 11.4 Å². The molecule has 0 heterocycles. The third kappa shape index (κ3) is 5.02. The predicted octanol–water partition coefficient (Wildman–Crippen LogP) is 0.204. The van der Waals surface area contributed by atoms with Crippen LogP contribution in [0.2, 0.25) is 0 Å². The highest BCUT2D eigenvalue weighted by atomic mass is 32.2. The predicted molar refractivity (Wildman–Crippen MR) is 85.1 cm³/mol. The smallest absolute Gasteiger partial charge is 0.334 e. The van der Waals surface area contributed by atoms with Gasteiger partial charge in [0.15, 0.2) is 6.10 Å². The first kappa shape index (κ1) is 18.4. The van der Waals surface area contributed by atoms with E-state index in [1.165, 1.54) is 31.4 Å². The molecule has 1 fully saturated rings. The fourth-order valence-corrected chi connectivity index (χ4v) is 3.16. The van der Waals surface area contributed by atoms with Crippen molar-refractivity contribution in [2.75, 3.05) is 20.2 Å². The summed E-state index contributed by atoms with van der Waals surface area (Å²) in [4.78, 5) is 22.9. The van der Waals surface area contributed by atoms with Gasteiger partial charge in [-0.25, -0.2) is 17.9 Å². The number of carbonyl (C=O) groups is 2. The molecule has 24 heavy (non-hydrogen) atoms. The topological polar surface area (TPSA) is 122 Å². The summed E-state index contributed by atoms with van der Waals surface area (Å²) in [5.41, 5.74) is 0.129. The Morgan fingerprint density at radius 2 is 2.08 bits per heavy atom. The summed E-state index contributed by atoms with van der Waals surface area (Å²) in [6.07, 6.45) is 0.880. The standard InChI is InChI=1S/C15H20N2O6S/c1-23-13(15(19)20)9-16-14(18)11-3-2-4-12(7-11)24(21,22)17-8-10-5-6-10/h2-4,7,10,13,17H,5-6,8-9H2,1H3,(H,16,18)(H,19,20). The third-order valence-electron chi connectivity index (χ3n) is 3.67. The number of methoxy groups -OCH3 is 1. The molecule has 1 aromatic rings. The van der Waals surface area contributed by atoms with Crippen molar-refractivity contribution in [3.8, 4) is 0 Å². The van der Waals surface area contributed by atoms with Gasteiger partial charge in [-0.1, -0.05) is 6.07 Å². The summed E-state index contributed by atoms with van der Waals surface area (Å²) in [5, 5.41) is 11.3. The molecule has 0 spiro atoms. The zero-order valence-electron chi connectivity index (χ0n) is 13.2. The summed E-state index contributed by atoms with van der Waals surface area (Å²) in [6, 6.07) is 5.58. The molecule has 1 aliphatic rings. The Kier molecular flexibility index (Phi) is 5.92. The number of amides is 1. The molecule has 0 bridgehead atoms. The minimum atomic E-state index is -3.67. The summed E-state index contributed by atoms with van der Waals surface area (Å²) < 4.78 is 31.6. The summed E-state index contributed by atoms with van der Waals surface area (Å²) in [5.74, 6) is -1.37. The second-order valence-corrected chi connectivity index (χ2v) is 7.36. The maximum Gasteiger partial charge on any atom is 0.334 e. The summed E-state index contributed by atoms with van der Waals surface area (Å²) in [7, 11) is -2.44. The van der Waals surface area contributed by atoms with Crippen molar-refractivity contribution in [2.45, 2.75) is 23.8 Å². The molecule has 0 saturated heterocycles. The van der Waals surface area contributed by atoms with E-state index < -0.39 is 28.0 Å². The summed E-state index contributed by atoms with van der Waals surface area (Å²) >= 11 is 0. The number of hydrogen-bond donors (Lipinski definition) is 3. The normalized spacial score (nSPS) is 15.7. The number of carbonyl (C=O) groups excluding carboxylic acids is 1. The van der Waals surface area contributed by atoms with Crippen LogP contribution in [-0.4, -0.2) is 51.7 Å². The number of ether oxygens (including phenoxy) is 1. The van der Waals surface area contributed by atoms with E-state index in [0.717, 1.165) is 12.8 Å². The Morgan fingerprint density at radius 3 is 2.67 bits per heavy atom. The van der Waals surface area contributed by atoms with Crippen LogP contribution in [0.1, 0.15) is 23.2 Å². The van der Waals surface area contributed by atoms with E-state index >= 15 is 0 Å². The van der Waals surface area contributed by atoms with Crippen LogP contribution in [0, 0.1) is 5.92 Å². The lowest BCUT2D eigenvalue weighted by molar-refractivity contribution is -0.148. The molecule has 8 nitrogen and oxygen atoms in total. The lowest BCUT2D eigenvalue weighted by Crippen LogP contribution is -2.37. The Labute approximate surface area is 140 Å². The molecule has 9 heteroatoms. The van der Waals surface area contributed by atoms with Gasteiger partial charge in [-0.15, -0.1) is 0 Å². The maximum atomic E-state index is 12.2. The summed E-state index contributed by atoms with van der Waals surface area (Å²) in [6.45, 7) is 0.175. The Bertz CT molecular complexity index is 714. The third-order valence-corrected chi connectivity index (χ3v) is 5.09. The monoisotopic (exact) mass is 356 g/mol. The number of hydrogen-bond acceptors (Lipinski definition) is 5.